The number of amides is 2. The average Bonchev–Trinajstić information content (AvgIpc) is 2.92. The van der Waals surface area contributed by atoms with E-state index in [-0.39, 0.29) is 11.8 Å². The van der Waals surface area contributed by atoms with Gasteiger partial charge in [-0.25, -0.2) is 0 Å². The molecular formula is C19H28N4O2. The quantitative estimate of drug-likeness (QED) is 0.872. The Morgan fingerprint density at radius 2 is 1.64 bits per heavy atom. The van der Waals surface area contributed by atoms with Crippen LogP contribution in [0.4, 0.5) is 0 Å². The molecule has 6 nitrogen and oxygen atoms in total. The van der Waals surface area contributed by atoms with Crippen LogP contribution in [0, 0.1) is 0 Å². The summed E-state index contributed by atoms with van der Waals surface area (Å²) in [6.07, 6.45) is 1.53. The number of carbonyl (C=O) groups is 2. The molecule has 0 aromatic heterocycles. The maximum atomic E-state index is 12.6. The van der Waals surface area contributed by atoms with E-state index in [0.717, 1.165) is 70.9 Å². The number of rotatable bonds is 4. The van der Waals surface area contributed by atoms with Crippen molar-refractivity contribution in [1.29, 1.82) is 0 Å². The molecule has 136 valence electrons. The van der Waals surface area contributed by atoms with Gasteiger partial charge in [-0.05, 0) is 25.1 Å². The van der Waals surface area contributed by atoms with Gasteiger partial charge in [-0.2, -0.15) is 0 Å². The summed E-state index contributed by atoms with van der Waals surface area (Å²) in [6, 6.07) is 9.47. The molecule has 2 fully saturated rings. The molecule has 6 heteroatoms. The topological polar surface area (TPSA) is 55.9 Å². The van der Waals surface area contributed by atoms with E-state index in [9.17, 15) is 9.59 Å². The van der Waals surface area contributed by atoms with E-state index < -0.39 is 0 Å². The maximum absolute atomic E-state index is 12.6. The Labute approximate surface area is 149 Å². The van der Waals surface area contributed by atoms with Gasteiger partial charge in [0.05, 0.1) is 0 Å². The second-order valence-electron chi connectivity index (χ2n) is 6.73. The predicted molar refractivity (Wildman–Crippen MR) is 97.5 cm³/mol. The van der Waals surface area contributed by atoms with Crippen LogP contribution in [0.25, 0.3) is 0 Å². The smallest absolute Gasteiger partial charge is 0.253 e. The summed E-state index contributed by atoms with van der Waals surface area (Å²) in [5, 5.41) is 3.27. The first-order valence-corrected chi connectivity index (χ1v) is 9.29. The predicted octanol–water partition coefficient (Wildman–Crippen LogP) is 0.656. The molecule has 0 saturated carbocycles. The summed E-state index contributed by atoms with van der Waals surface area (Å²) in [6.45, 7) is 7.52. The molecule has 1 N–H and O–H groups in total. The summed E-state index contributed by atoms with van der Waals surface area (Å²) in [4.78, 5) is 31.1. The zero-order chi connectivity index (χ0) is 17.5. The van der Waals surface area contributed by atoms with Crippen LogP contribution in [0.15, 0.2) is 30.3 Å². The van der Waals surface area contributed by atoms with Gasteiger partial charge >= 0.3 is 0 Å². The molecule has 0 aliphatic carbocycles. The average molecular weight is 344 g/mol. The molecule has 2 amide bonds. The van der Waals surface area contributed by atoms with Gasteiger partial charge in [0.15, 0.2) is 0 Å². The van der Waals surface area contributed by atoms with Crippen molar-refractivity contribution in [2.45, 2.75) is 12.8 Å². The van der Waals surface area contributed by atoms with Crippen molar-refractivity contribution in [2.75, 3.05) is 58.9 Å². The Hall–Kier alpha value is -1.92. The Kier molecular flexibility index (Phi) is 6.42. The number of carbonyl (C=O) groups excluding carboxylic acids is 2. The number of hydrogen-bond donors (Lipinski definition) is 1. The zero-order valence-electron chi connectivity index (χ0n) is 14.8. The third-order valence-corrected chi connectivity index (χ3v) is 5.01. The highest BCUT2D eigenvalue weighted by Gasteiger charge is 2.21. The van der Waals surface area contributed by atoms with E-state index in [1.165, 1.54) is 0 Å². The molecule has 1 aromatic carbocycles. The first-order valence-electron chi connectivity index (χ1n) is 9.29. The van der Waals surface area contributed by atoms with Crippen molar-refractivity contribution in [2.24, 2.45) is 0 Å². The minimum Gasteiger partial charge on any atom is -0.340 e. The summed E-state index contributed by atoms with van der Waals surface area (Å²) in [5.74, 6) is 0.363. The summed E-state index contributed by atoms with van der Waals surface area (Å²) < 4.78 is 0. The molecule has 1 aromatic rings. The van der Waals surface area contributed by atoms with E-state index in [1.54, 1.807) is 0 Å². The van der Waals surface area contributed by atoms with E-state index in [0.29, 0.717) is 6.42 Å². The number of nitrogens with zero attached hydrogens (tertiary/aromatic N) is 3. The molecule has 0 bridgehead atoms. The van der Waals surface area contributed by atoms with Crippen LogP contribution < -0.4 is 5.32 Å². The minimum absolute atomic E-state index is 0.111. The molecule has 0 radical (unpaired) electrons. The van der Waals surface area contributed by atoms with Crippen LogP contribution in [0.1, 0.15) is 23.2 Å². The van der Waals surface area contributed by atoms with Crippen molar-refractivity contribution >= 4 is 11.8 Å². The molecule has 2 heterocycles. The summed E-state index contributed by atoms with van der Waals surface area (Å²) in [5.41, 5.74) is 0.754. The van der Waals surface area contributed by atoms with Crippen molar-refractivity contribution in [3.05, 3.63) is 35.9 Å². The monoisotopic (exact) mass is 344 g/mol. The lowest BCUT2D eigenvalue weighted by molar-refractivity contribution is -0.132. The highest BCUT2D eigenvalue weighted by Crippen LogP contribution is 2.10. The summed E-state index contributed by atoms with van der Waals surface area (Å²) in [7, 11) is 0. The largest absolute Gasteiger partial charge is 0.340 e. The first-order chi connectivity index (χ1) is 12.2. The van der Waals surface area contributed by atoms with E-state index in [2.05, 4.69) is 10.2 Å². The van der Waals surface area contributed by atoms with Gasteiger partial charge in [-0.15, -0.1) is 0 Å². The first kappa shape index (κ1) is 17.9. The van der Waals surface area contributed by atoms with Gasteiger partial charge in [0, 0.05) is 64.3 Å². The van der Waals surface area contributed by atoms with Gasteiger partial charge in [-0.3, -0.25) is 9.59 Å². The zero-order valence-corrected chi connectivity index (χ0v) is 14.8. The Balaban J connectivity index is 1.45. The van der Waals surface area contributed by atoms with Gasteiger partial charge in [-0.1, -0.05) is 18.2 Å². The fourth-order valence-corrected chi connectivity index (χ4v) is 3.49. The van der Waals surface area contributed by atoms with Gasteiger partial charge in [0.2, 0.25) is 5.91 Å². The molecule has 25 heavy (non-hydrogen) atoms. The lowest BCUT2D eigenvalue weighted by atomic mass is 10.2. The van der Waals surface area contributed by atoms with E-state index >= 15 is 0 Å². The fourth-order valence-electron chi connectivity index (χ4n) is 3.49. The minimum atomic E-state index is 0.111. The van der Waals surface area contributed by atoms with Crippen LogP contribution >= 0.6 is 0 Å². The summed E-state index contributed by atoms with van der Waals surface area (Å²) >= 11 is 0. The molecule has 2 saturated heterocycles. The van der Waals surface area contributed by atoms with Crippen LogP contribution in [0.3, 0.4) is 0 Å². The number of benzene rings is 1. The molecule has 0 spiro atoms. The lowest BCUT2D eigenvalue weighted by Crippen LogP contribution is -2.47. The Morgan fingerprint density at radius 1 is 0.880 bits per heavy atom. The van der Waals surface area contributed by atoms with E-state index in [1.807, 2.05) is 40.1 Å². The molecule has 3 rings (SSSR count). The van der Waals surface area contributed by atoms with Gasteiger partial charge < -0.3 is 20.0 Å². The highest BCUT2D eigenvalue weighted by molar-refractivity contribution is 5.94. The molecular weight excluding hydrogens is 316 g/mol. The van der Waals surface area contributed by atoms with Crippen LogP contribution in [0.2, 0.25) is 0 Å². The number of hydrogen-bond acceptors (Lipinski definition) is 4. The molecule has 0 atom stereocenters. The Bertz CT molecular complexity index is 572. The SMILES string of the molecule is O=C(CCN1CCCN(C(=O)c2ccccc2)CC1)N1CCNCC1. The normalized spacial score (nSPS) is 19.5. The van der Waals surface area contributed by atoms with Crippen LogP contribution in [-0.2, 0) is 4.79 Å². The fraction of sp³-hybridized carbons (Fsp3) is 0.579. The molecule has 2 aliphatic heterocycles. The highest BCUT2D eigenvalue weighted by atomic mass is 16.2. The molecule has 0 unspecified atom stereocenters. The number of piperazine rings is 1. The van der Waals surface area contributed by atoms with Crippen LogP contribution in [-0.4, -0.2) is 85.4 Å². The second-order valence-corrected chi connectivity index (χ2v) is 6.73. The van der Waals surface area contributed by atoms with Gasteiger partial charge in [0.1, 0.15) is 0 Å². The Morgan fingerprint density at radius 3 is 2.40 bits per heavy atom. The third kappa shape index (κ3) is 5.03. The number of nitrogens with one attached hydrogen (secondary N) is 1. The van der Waals surface area contributed by atoms with Crippen molar-refractivity contribution in [3.63, 3.8) is 0 Å². The maximum Gasteiger partial charge on any atom is 0.253 e. The molecule has 2 aliphatic rings. The van der Waals surface area contributed by atoms with Crippen molar-refractivity contribution < 1.29 is 9.59 Å². The van der Waals surface area contributed by atoms with Gasteiger partial charge in [0.25, 0.3) is 5.91 Å². The van der Waals surface area contributed by atoms with Crippen molar-refractivity contribution in [3.8, 4) is 0 Å². The second kappa shape index (κ2) is 8.97. The van der Waals surface area contributed by atoms with E-state index in [4.69, 9.17) is 0 Å². The lowest BCUT2D eigenvalue weighted by Gasteiger charge is -2.28. The van der Waals surface area contributed by atoms with Crippen LogP contribution in [0.5, 0.6) is 0 Å². The third-order valence-electron chi connectivity index (χ3n) is 5.01. The standard InChI is InChI=1S/C19H28N4O2/c24-18(22-13-8-20-9-14-22)7-12-21-10-4-11-23(16-15-21)19(25)17-5-2-1-3-6-17/h1-3,5-6,20H,4,7-16H2. The van der Waals surface area contributed by atoms with Crippen molar-refractivity contribution in [1.82, 2.24) is 20.0 Å².